The quantitative estimate of drug-likeness (QED) is 0.676. The first kappa shape index (κ1) is 19.6. The van der Waals surface area contributed by atoms with E-state index in [0.29, 0.717) is 16.9 Å². The first-order valence-electron chi connectivity index (χ1n) is 8.46. The summed E-state index contributed by atoms with van der Waals surface area (Å²) in [7, 11) is -3.61. The van der Waals surface area contributed by atoms with Crippen molar-refractivity contribution in [2.75, 3.05) is 16.4 Å². The maximum Gasteiger partial charge on any atom is 0.239 e. The molecule has 2 aromatic carbocycles. The van der Waals surface area contributed by atoms with Crippen LogP contribution in [-0.2, 0) is 25.2 Å². The molecule has 2 N–H and O–H groups in total. The topological polar surface area (TPSA) is 92.3 Å². The summed E-state index contributed by atoms with van der Waals surface area (Å²) >= 11 is 3.30. The van der Waals surface area contributed by atoms with Gasteiger partial charge in [0.05, 0.1) is 5.75 Å². The molecule has 1 aliphatic rings. The summed E-state index contributed by atoms with van der Waals surface area (Å²) in [5.74, 6) is -1.40. The van der Waals surface area contributed by atoms with Gasteiger partial charge in [0.15, 0.2) is 9.84 Å². The van der Waals surface area contributed by atoms with Crippen LogP contribution in [0.25, 0.3) is 0 Å². The van der Waals surface area contributed by atoms with Crippen molar-refractivity contribution in [1.82, 2.24) is 0 Å². The van der Waals surface area contributed by atoms with E-state index in [1.807, 2.05) is 0 Å². The van der Waals surface area contributed by atoms with Gasteiger partial charge >= 0.3 is 0 Å². The van der Waals surface area contributed by atoms with Crippen LogP contribution in [0.2, 0.25) is 0 Å². The zero-order valence-electron chi connectivity index (χ0n) is 14.4. The molecule has 0 heterocycles. The van der Waals surface area contributed by atoms with Gasteiger partial charge in [-0.1, -0.05) is 34.1 Å². The fraction of sp³-hybridized carbons (Fsp3) is 0.263. The van der Waals surface area contributed by atoms with Crippen molar-refractivity contribution in [3.63, 3.8) is 0 Å². The Morgan fingerprint density at radius 3 is 2.33 bits per heavy atom. The van der Waals surface area contributed by atoms with Crippen molar-refractivity contribution < 1.29 is 18.0 Å². The maximum atomic E-state index is 12.3. The van der Waals surface area contributed by atoms with Crippen LogP contribution in [0.4, 0.5) is 11.4 Å². The monoisotopic (exact) mass is 450 g/mol. The van der Waals surface area contributed by atoms with Gasteiger partial charge in [-0.2, -0.15) is 0 Å². The lowest BCUT2D eigenvalue weighted by Gasteiger charge is -2.09. The van der Waals surface area contributed by atoms with Gasteiger partial charge in [0.25, 0.3) is 0 Å². The number of carbonyl (C=O) groups is 2. The fourth-order valence-corrected chi connectivity index (χ4v) is 4.30. The van der Waals surface area contributed by atoms with Crippen LogP contribution < -0.4 is 10.6 Å². The molecule has 3 rings (SSSR count). The highest BCUT2D eigenvalue weighted by Gasteiger charge is 2.29. The summed E-state index contributed by atoms with van der Waals surface area (Å²) in [6.45, 7) is 0. The number of anilines is 2. The first-order valence-corrected chi connectivity index (χ1v) is 11.1. The zero-order valence-corrected chi connectivity index (χ0v) is 16.8. The molecular formula is C19H19BrN2O4S. The maximum absolute atomic E-state index is 12.3. The Morgan fingerprint density at radius 2 is 1.67 bits per heavy atom. The molecule has 2 aromatic rings. The predicted molar refractivity (Wildman–Crippen MR) is 108 cm³/mol. The minimum atomic E-state index is -3.61. The summed E-state index contributed by atoms with van der Waals surface area (Å²) < 4.78 is 25.3. The molecule has 6 nitrogen and oxygen atoms in total. The number of rotatable bonds is 7. The molecule has 8 heteroatoms. The fourth-order valence-electron chi connectivity index (χ4n) is 2.59. The number of hydrogen-bond donors (Lipinski definition) is 2. The molecule has 0 aliphatic heterocycles. The molecule has 0 unspecified atom stereocenters. The Balaban J connectivity index is 1.58. The highest BCUT2D eigenvalue weighted by atomic mass is 79.9. The van der Waals surface area contributed by atoms with Crippen LogP contribution in [0.5, 0.6) is 0 Å². The Kier molecular flexibility index (Phi) is 5.96. The molecule has 0 spiro atoms. The summed E-state index contributed by atoms with van der Waals surface area (Å²) in [4.78, 5) is 24.0. The average molecular weight is 451 g/mol. The second kappa shape index (κ2) is 8.22. The number of benzene rings is 2. The molecule has 0 saturated heterocycles. The first-order chi connectivity index (χ1) is 12.8. The van der Waals surface area contributed by atoms with Crippen molar-refractivity contribution in [3.05, 3.63) is 58.6 Å². The Labute approximate surface area is 166 Å². The van der Waals surface area contributed by atoms with Crippen LogP contribution in [0.1, 0.15) is 18.4 Å². The lowest BCUT2D eigenvalue weighted by molar-refractivity contribution is -0.117. The third-order valence-electron chi connectivity index (χ3n) is 3.99. The van der Waals surface area contributed by atoms with E-state index in [1.165, 1.54) is 0 Å². The molecule has 1 fully saturated rings. The molecule has 0 bridgehead atoms. The molecule has 1 aliphatic carbocycles. The van der Waals surface area contributed by atoms with E-state index in [1.54, 1.807) is 48.5 Å². The zero-order chi connectivity index (χ0) is 19.4. The second-order valence-electron chi connectivity index (χ2n) is 6.55. The standard InChI is InChI=1S/C19H19BrN2O4S/c20-15-4-1-3-13(9-15)11-27(25,26)12-18(23)21-16-5-2-6-17(10-16)22-19(24)14-7-8-14/h1-6,9-10,14H,7-8,11-12H2,(H,21,23)(H,22,24). The van der Waals surface area contributed by atoms with E-state index in [9.17, 15) is 18.0 Å². The Bertz CT molecular complexity index is 971. The number of carbonyl (C=O) groups excluding carboxylic acids is 2. The Morgan fingerprint density at radius 1 is 1.00 bits per heavy atom. The molecular weight excluding hydrogens is 432 g/mol. The summed E-state index contributed by atoms with van der Waals surface area (Å²) in [5.41, 5.74) is 1.62. The lowest BCUT2D eigenvalue weighted by Crippen LogP contribution is -2.24. The van der Waals surface area contributed by atoms with Crippen LogP contribution >= 0.6 is 15.9 Å². The van der Waals surface area contributed by atoms with Crippen molar-refractivity contribution >= 4 is 49.0 Å². The van der Waals surface area contributed by atoms with Gasteiger partial charge in [-0.3, -0.25) is 9.59 Å². The van der Waals surface area contributed by atoms with E-state index in [4.69, 9.17) is 0 Å². The number of hydrogen-bond acceptors (Lipinski definition) is 4. The lowest BCUT2D eigenvalue weighted by atomic mass is 10.2. The largest absolute Gasteiger partial charge is 0.326 e. The predicted octanol–water partition coefficient (Wildman–Crippen LogP) is 3.35. The molecule has 27 heavy (non-hydrogen) atoms. The third-order valence-corrected chi connectivity index (χ3v) is 5.96. The molecule has 0 atom stereocenters. The van der Waals surface area contributed by atoms with Gasteiger partial charge in [0.2, 0.25) is 11.8 Å². The van der Waals surface area contributed by atoms with Gasteiger partial charge < -0.3 is 10.6 Å². The Hall–Kier alpha value is -2.19. The minimum Gasteiger partial charge on any atom is -0.326 e. The molecule has 2 amide bonds. The highest BCUT2D eigenvalue weighted by molar-refractivity contribution is 9.10. The highest BCUT2D eigenvalue weighted by Crippen LogP contribution is 2.30. The van der Waals surface area contributed by atoms with Crippen molar-refractivity contribution in [1.29, 1.82) is 0 Å². The van der Waals surface area contributed by atoms with Crippen LogP contribution in [-0.4, -0.2) is 26.0 Å². The van der Waals surface area contributed by atoms with Gasteiger partial charge in [-0.25, -0.2) is 8.42 Å². The SMILES string of the molecule is O=C(CS(=O)(=O)Cc1cccc(Br)c1)Nc1cccc(NC(=O)C2CC2)c1. The van der Waals surface area contributed by atoms with Gasteiger partial charge in [0.1, 0.15) is 5.75 Å². The third kappa shape index (κ3) is 6.18. The van der Waals surface area contributed by atoms with Crippen molar-refractivity contribution in [3.8, 4) is 0 Å². The van der Waals surface area contributed by atoms with E-state index in [2.05, 4.69) is 26.6 Å². The number of nitrogens with one attached hydrogen (secondary N) is 2. The summed E-state index contributed by atoms with van der Waals surface area (Å²) in [6, 6.07) is 13.6. The van der Waals surface area contributed by atoms with E-state index in [0.717, 1.165) is 17.3 Å². The summed E-state index contributed by atoms with van der Waals surface area (Å²) in [5, 5.41) is 5.37. The van der Waals surface area contributed by atoms with E-state index >= 15 is 0 Å². The van der Waals surface area contributed by atoms with Crippen LogP contribution in [0, 0.1) is 5.92 Å². The normalized spacial score (nSPS) is 13.8. The van der Waals surface area contributed by atoms with E-state index < -0.39 is 21.5 Å². The van der Waals surface area contributed by atoms with Crippen LogP contribution in [0.15, 0.2) is 53.0 Å². The molecule has 1 saturated carbocycles. The minimum absolute atomic E-state index is 0.0323. The van der Waals surface area contributed by atoms with Crippen LogP contribution in [0.3, 0.4) is 0 Å². The molecule has 142 valence electrons. The van der Waals surface area contributed by atoms with Crippen molar-refractivity contribution in [2.45, 2.75) is 18.6 Å². The van der Waals surface area contributed by atoms with Gasteiger partial charge in [-0.05, 0) is 48.7 Å². The molecule has 0 aromatic heterocycles. The van der Waals surface area contributed by atoms with Crippen molar-refractivity contribution in [2.24, 2.45) is 5.92 Å². The van der Waals surface area contributed by atoms with Gasteiger partial charge in [0, 0.05) is 21.8 Å². The second-order valence-corrected chi connectivity index (χ2v) is 9.53. The number of amides is 2. The number of sulfone groups is 1. The average Bonchev–Trinajstić information content (AvgIpc) is 3.38. The molecule has 0 radical (unpaired) electrons. The smallest absolute Gasteiger partial charge is 0.239 e. The number of halogens is 1. The van der Waals surface area contributed by atoms with E-state index in [-0.39, 0.29) is 17.6 Å². The van der Waals surface area contributed by atoms with Gasteiger partial charge in [-0.15, -0.1) is 0 Å². The summed E-state index contributed by atoms with van der Waals surface area (Å²) in [6.07, 6.45) is 1.80.